The highest BCUT2D eigenvalue weighted by Gasteiger charge is 2.15. The van der Waals surface area contributed by atoms with E-state index in [2.05, 4.69) is 10.2 Å². The van der Waals surface area contributed by atoms with Crippen molar-refractivity contribution in [2.24, 2.45) is 0 Å². The quantitative estimate of drug-likeness (QED) is 0.858. The second-order valence-electron chi connectivity index (χ2n) is 3.90. The fourth-order valence-electron chi connectivity index (χ4n) is 1.68. The summed E-state index contributed by atoms with van der Waals surface area (Å²) >= 11 is 0.943. The van der Waals surface area contributed by atoms with E-state index in [1.165, 1.54) is 4.57 Å². The lowest BCUT2D eigenvalue weighted by atomic mass is 10.3. The third kappa shape index (κ3) is 3.13. The monoisotopic (exact) mass is 299 g/mol. The van der Waals surface area contributed by atoms with Gasteiger partial charge in [0.25, 0.3) is 0 Å². The molecule has 0 spiro atoms. The minimum atomic E-state index is -1.01. The number of carbonyl (C=O) groups is 1. The minimum absolute atomic E-state index is 0.209. The molecule has 20 heavy (non-hydrogen) atoms. The molecule has 0 fully saturated rings. The second-order valence-corrected chi connectivity index (χ2v) is 4.84. The molecule has 106 valence electrons. The first-order valence-corrected chi connectivity index (χ1v) is 6.75. The number of carboxylic acid groups (broad SMARTS) is 1. The van der Waals surface area contributed by atoms with Gasteiger partial charge in [0.2, 0.25) is 0 Å². The molecule has 0 aliphatic carbocycles. The van der Waals surface area contributed by atoms with Gasteiger partial charge in [-0.3, -0.25) is 9.36 Å². The maximum Gasteiger partial charge on any atom is 0.313 e. The van der Waals surface area contributed by atoms with Gasteiger partial charge < -0.3 is 5.11 Å². The molecule has 0 atom stereocenters. The second kappa shape index (κ2) is 6.00. The van der Waals surface area contributed by atoms with Crippen LogP contribution < -0.4 is 0 Å². The SMILES string of the molecule is CCc1nnc(SCC(=O)O)n1-c1cc(F)cc(F)c1. The van der Waals surface area contributed by atoms with Gasteiger partial charge in [0.15, 0.2) is 5.16 Å². The number of thioether (sulfide) groups is 1. The Hall–Kier alpha value is -1.96. The number of carboxylic acids is 1. The van der Waals surface area contributed by atoms with E-state index in [0.29, 0.717) is 12.2 Å². The van der Waals surface area contributed by atoms with Crippen LogP contribution in [0.4, 0.5) is 8.78 Å². The predicted molar refractivity (Wildman–Crippen MR) is 69.0 cm³/mol. The van der Waals surface area contributed by atoms with Gasteiger partial charge in [-0.25, -0.2) is 8.78 Å². The van der Waals surface area contributed by atoms with Crippen LogP contribution >= 0.6 is 11.8 Å². The van der Waals surface area contributed by atoms with E-state index < -0.39 is 17.6 Å². The lowest BCUT2D eigenvalue weighted by Gasteiger charge is -2.09. The fourth-order valence-corrected chi connectivity index (χ4v) is 2.37. The van der Waals surface area contributed by atoms with Crippen LogP contribution in [0.1, 0.15) is 12.7 Å². The van der Waals surface area contributed by atoms with Crippen LogP contribution in [0, 0.1) is 11.6 Å². The number of benzene rings is 1. The van der Waals surface area contributed by atoms with Crippen LogP contribution in [0.3, 0.4) is 0 Å². The fraction of sp³-hybridized carbons (Fsp3) is 0.250. The molecule has 8 heteroatoms. The summed E-state index contributed by atoms with van der Waals surface area (Å²) in [5, 5.41) is 16.7. The molecule has 0 aliphatic heterocycles. The Labute approximate surface area is 117 Å². The molecule has 1 N–H and O–H groups in total. The van der Waals surface area contributed by atoms with Crippen molar-refractivity contribution in [3.63, 3.8) is 0 Å². The van der Waals surface area contributed by atoms with E-state index in [1.807, 2.05) is 6.92 Å². The maximum absolute atomic E-state index is 13.3. The van der Waals surface area contributed by atoms with Gasteiger partial charge in [0, 0.05) is 12.5 Å². The Morgan fingerprint density at radius 2 is 1.95 bits per heavy atom. The van der Waals surface area contributed by atoms with Crippen molar-refractivity contribution in [3.05, 3.63) is 35.7 Å². The summed E-state index contributed by atoms with van der Waals surface area (Å²) in [5.74, 6) is -2.15. The normalized spacial score (nSPS) is 10.8. The van der Waals surface area contributed by atoms with Crippen LogP contribution in [0.2, 0.25) is 0 Å². The Balaban J connectivity index is 2.47. The molecule has 0 radical (unpaired) electrons. The number of hydrogen-bond donors (Lipinski definition) is 1. The molecule has 0 amide bonds. The smallest absolute Gasteiger partial charge is 0.313 e. The number of halogens is 2. The Kier molecular flexibility index (Phi) is 4.33. The predicted octanol–water partition coefficient (Wildman–Crippen LogP) is 2.28. The third-order valence-electron chi connectivity index (χ3n) is 2.45. The molecule has 0 aliphatic rings. The molecular formula is C12H11F2N3O2S. The maximum atomic E-state index is 13.3. The topological polar surface area (TPSA) is 68.0 Å². The molecule has 0 unspecified atom stereocenters. The number of aryl methyl sites for hydroxylation is 1. The first kappa shape index (κ1) is 14.4. The summed E-state index contributed by atoms with van der Waals surface area (Å²) in [6, 6.07) is 3.07. The Bertz CT molecular complexity index is 625. The van der Waals surface area contributed by atoms with Gasteiger partial charge >= 0.3 is 5.97 Å². The standard InChI is InChI=1S/C12H11F2N3O2S/c1-2-10-15-16-12(20-6-11(18)19)17(10)9-4-7(13)3-8(14)5-9/h3-5H,2,6H2,1H3,(H,18,19). The van der Waals surface area contributed by atoms with Gasteiger partial charge in [-0.05, 0) is 12.1 Å². The number of hydrogen-bond acceptors (Lipinski definition) is 4. The van der Waals surface area contributed by atoms with E-state index in [0.717, 1.165) is 30.0 Å². The highest BCUT2D eigenvalue weighted by molar-refractivity contribution is 7.99. The van der Waals surface area contributed by atoms with Gasteiger partial charge in [0.05, 0.1) is 11.4 Å². The lowest BCUT2D eigenvalue weighted by Crippen LogP contribution is -2.05. The summed E-state index contributed by atoms with van der Waals surface area (Å²) < 4.78 is 28.1. The zero-order valence-electron chi connectivity index (χ0n) is 10.5. The highest BCUT2D eigenvalue weighted by Crippen LogP contribution is 2.23. The average molecular weight is 299 g/mol. The largest absolute Gasteiger partial charge is 0.481 e. The summed E-state index contributed by atoms with van der Waals surface area (Å²) in [7, 11) is 0. The van der Waals surface area contributed by atoms with E-state index in [-0.39, 0.29) is 16.6 Å². The zero-order valence-corrected chi connectivity index (χ0v) is 11.3. The van der Waals surface area contributed by atoms with Crippen LogP contribution in [-0.2, 0) is 11.2 Å². The van der Waals surface area contributed by atoms with Crippen LogP contribution in [0.25, 0.3) is 5.69 Å². The molecule has 2 aromatic rings. The van der Waals surface area contributed by atoms with E-state index >= 15 is 0 Å². The number of aliphatic carboxylic acids is 1. The van der Waals surface area contributed by atoms with E-state index in [1.54, 1.807) is 0 Å². The summed E-state index contributed by atoms with van der Waals surface area (Å²) in [6.07, 6.45) is 0.499. The van der Waals surface area contributed by atoms with Crippen molar-refractivity contribution in [1.82, 2.24) is 14.8 Å². The van der Waals surface area contributed by atoms with E-state index in [4.69, 9.17) is 5.11 Å². The Morgan fingerprint density at radius 3 is 2.50 bits per heavy atom. The minimum Gasteiger partial charge on any atom is -0.481 e. The molecule has 0 saturated carbocycles. The van der Waals surface area contributed by atoms with Crippen LogP contribution in [-0.4, -0.2) is 31.6 Å². The highest BCUT2D eigenvalue weighted by atomic mass is 32.2. The van der Waals surface area contributed by atoms with Crippen molar-refractivity contribution in [1.29, 1.82) is 0 Å². The lowest BCUT2D eigenvalue weighted by molar-refractivity contribution is -0.133. The van der Waals surface area contributed by atoms with Gasteiger partial charge in [-0.15, -0.1) is 10.2 Å². The third-order valence-corrected chi connectivity index (χ3v) is 3.36. The molecule has 1 aromatic heterocycles. The average Bonchev–Trinajstić information content (AvgIpc) is 2.77. The van der Waals surface area contributed by atoms with Gasteiger partial charge in [0.1, 0.15) is 17.5 Å². The first-order chi connectivity index (χ1) is 9.51. The molecule has 0 saturated heterocycles. The summed E-state index contributed by atoms with van der Waals surface area (Å²) in [6.45, 7) is 1.82. The Morgan fingerprint density at radius 1 is 1.30 bits per heavy atom. The summed E-state index contributed by atoms with van der Waals surface area (Å²) in [4.78, 5) is 10.6. The number of rotatable bonds is 5. The van der Waals surface area contributed by atoms with Crippen molar-refractivity contribution < 1.29 is 18.7 Å². The van der Waals surface area contributed by atoms with E-state index in [9.17, 15) is 13.6 Å². The molecule has 0 bridgehead atoms. The van der Waals surface area contributed by atoms with Crippen LogP contribution in [0.5, 0.6) is 0 Å². The molecule has 2 rings (SSSR count). The molecule has 5 nitrogen and oxygen atoms in total. The van der Waals surface area contributed by atoms with Crippen molar-refractivity contribution in [2.75, 3.05) is 5.75 Å². The molecule has 1 aromatic carbocycles. The van der Waals surface area contributed by atoms with Crippen molar-refractivity contribution in [3.8, 4) is 5.69 Å². The van der Waals surface area contributed by atoms with Gasteiger partial charge in [-0.2, -0.15) is 0 Å². The molecular weight excluding hydrogens is 288 g/mol. The first-order valence-electron chi connectivity index (χ1n) is 5.76. The molecule has 1 heterocycles. The number of nitrogens with zero attached hydrogens (tertiary/aromatic N) is 3. The van der Waals surface area contributed by atoms with Crippen LogP contribution in [0.15, 0.2) is 23.4 Å². The van der Waals surface area contributed by atoms with Gasteiger partial charge in [-0.1, -0.05) is 18.7 Å². The zero-order chi connectivity index (χ0) is 14.7. The van der Waals surface area contributed by atoms with Crippen molar-refractivity contribution in [2.45, 2.75) is 18.5 Å². The number of aromatic nitrogens is 3. The van der Waals surface area contributed by atoms with Crippen molar-refractivity contribution >= 4 is 17.7 Å². The summed E-state index contributed by atoms with van der Waals surface area (Å²) in [5.41, 5.74) is 0.234.